The fourth-order valence-electron chi connectivity index (χ4n) is 4.98. The Morgan fingerprint density at radius 3 is 1.31 bits per heavy atom. The summed E-state index contributed by atoms with van der Waals surface area (Å²) >= 11 is 0. The van der Waals surface area contributed by atoms with E-state index in [0.717, 1.165) is 12.8 Å². The van der Waals surface area contributed by atoms with Crippen molar-refractivity contribution in [2.24, 2.45) is 17.2 Å². The van der Waals surface area contributed by atoms with Crippen LogP contribution in [0.2, 0.25) is 0 Å². The van der Waals surface area contributed by atoms with Crippen molar-refractivity contribution in [3.8, 4) is 0 Å². The van der Waals surface area contributed by atoms with Gasteiger partial charge in [0.25, 0.3) is 0 Å². The van der Waals surface area contributed by atoms with Gasteiger partial charge in [0.2, 0.25) is 0 Å². The van der Waals surface area contributed by atoms with Gasteiger partial charge in [0, 0.05) is 23.0 Å². The highest BCUT2D eigenvalue weighted by Crippen LogP contribution is 2.45. The van der Waals surface area contributed by atoms with E-state index in [1.807, 2.05) is 13.8 Å². The highest BCUT2D eigenvalue weighted by molar-refractivity contribution is 5.48. The zero-order valence-corrected chi connectivity index (χ0v) is 21.6. The average Bonchev–Trinajstić information content (AvgIpc) is 2.51. The van der Waals surface area contributed by atoms with E-state index in [2.05, 4.69) is 87.4 Å². The van der Waals surface area contributed by atoms with Crippen molar-refractivity contribution < 1.29 is 0 Å². The third kappa shape index (κ3) is 8.03. The molecule has 0 fully saturated rings. The molecular formula is C26H51N3. The van der Waals surface area contributed by atoms with E-state index in [-0.39, 0.29) is 27.3 Å². The van der Waals surface area contributed by atoms with E-state index < -0.39 is 0 Å². The van der Waals surface area contributed by atoms with Crippen molar-refractivity contribution in [1.82, 2.24) is 0 Å². The monoisotopic (exact) mass is 405 g/mol. The summed E-state index contributed by atoms with van der Waals surface area (Å²) in [5, 5.41) is 0. The summed E-state index contributed by atoms with van der Waals surface area (Å²) in [6.45, 7) is 26.8. The van der Waals surface area contributed by atoms with Crippen LogP contribution in [-0.2, 0) is 16.2 Å². The number of rotatable bonds is 8. The zero-order valence-electron chi connectivity index (χ0n) is 21.6. The summed E-state index contributed by atoms with van der Waals surface area (Å²) in [7, 11) is 0. The van der Waals surface area contributed by atoms with Gasteiger partial charge in [-0.05, 0) is 68.1 Å². The molecule has 1 aromatic rings. The number of nitrogens with two attached hydrogens (primary N) is 3. The molecule has 0 saturated heterocycles. The zero-order chi connectivity index (χ0) is 23.5. The summed E-state index contributed by atoms with van der Waals surface area (Å²) in [6, 6.07) is 6.71. The van der Waals surface area contributed by atoms with Crippen LogP contribution in [0.15, 0.2) is 18.2 Å². The molecule has 6 N–H and O–H groups in total. The molecule has 1 aromatic carbocycles. The van der Waals surface area contributed by atoms with E-state index >= 15 is 0 Å². The Labute approximate surface area is 182 Å². The molecule has 0 bridgehead atoms. The summed E-state index contributed by atoms with van der Waals surface area (Å²) < 4.78 is 0. The van der Waals surface area contributed by atoms with Crippen molar-refractivity contribution in [2.45, 2.75) is 123 Å². The van der Waals surface area contributed by atoms with Crippen LogP contribution in [0.1, 0.15) is 113 Å². The molecule has 0 aromatic heterocycles. The molecule has 0 atom stereocenters. The first-order chi connectivity index (χ1) is 12.8. The van der Waals surface area contributed by atoms with Gasteiger partial charge < -0.3 is 17.2 Å². The van der Waals surface area contributed by atoms with Crippen LogP contribution in [0, 0.1) is 0 Å². The topological polar surface area (TPSA) is 78.1 Å². The second-order valence-corrected chi connectivity index (χ2v) is 11.9. The standard InChI is InChI=1S/C24H45N3.C2H6/c1-20(2,14-23(7,8)26)17-12-11-13-18(22(5,6)16-25)19(17)21(3,4)15-24(9,10)27;1-2/h11-13H,14-16,25-27H2,1-10H3;1-2H3. The molecule has 0 unspecified atom stereocenters. The van der Waals surface area contributed by atoms with E-state index in [0.29, 0.717) is 6.54 Å². The van der Waals surface area contributed by atoms with Gasteiger partial charge >= 0.3 is 0 Å². The van der Waals surface area contributed by atoms with Gasteiger partial charge in [-0.3, -0.25) is 0 Å². The van der Waals surface area contributed by atoms with Crippen LogP contribution < -0.4 is 17.2 Å². The highest BCUT2D eigenvalue weighted by Gasteiger charge is 2.39. The van der Waals surface area contributed by atoms with E-state index in [1.165, 1.54) is 16.7 Å². The quantitative estimate of drug-likeness (QED) is 0.514. The smallest absolute Gasteiger partial charge is 0.0105 e. The second kappa shape index (κ2) is 9.49. The Bertz CT molecular complexity index is 641. The van der Waals surface area contributed by atoms with Gasteiger partial charge in [0.05, 0.1) is 0 Å². The summed E-state index contributed by atoms with van der Waals surface area (Å²) in [5.74, 6) is 0. The first kappa shape index (κ1) is 28.1. The van der Waals surface area contributed by atoms with Crippen LogP contribution in [0.4, 0.5) is 0 Å². The minimum Gasteiger partial charge on any atom is -0.330 e. The Balaban J connectivity index is 0.00000379. The second-order valence-electron chi connectivity index (χ2n) is 11.9. The summed E-state index contributed by atoms with van der Waals surface area (Å²) in [6.07, 6.45) is 1.80. The maximum Gasteiger partial charge on any atom is 0.0105 e. The molecule has 3 heteroatoms. The van der Waals surface area contributed by atoms with Crippen molar-refractivity contribution in [1.29, 1.82) is 0 Å². The SMILES string of the molecule is CC.CC(C)(N)CC(C)(C)c1cccc(C(C)(C)CN)c1C(C)(C)CC(C)(C)N. The van der Waals surface area contributed by atoms with E-state index in [1.54, 1.807) is 0 Å². The van der Waals surface area contributed by atoms with Crippen molar-refractivity contribution in [2.75, 3.05) is 6.54 Å². The predicted octanol–water partition coefficient (Wildman–Crippen LogP) is 5.76. The lowest BCUT2D eigenvalue weighted by molar-refractivity contribution is 0.319. The minimum absolute atomic E-state index is 0.0513. The molecule has 0 aliphatic carbocycles. The fraction of sp³-hybridized carbons (Fsp3) is 0.769. The molecule has 0 aliphatic heterocycles. The molecular weight excluding hydrogens is 354 g/mol. The van der Waals surface area contributed by atoms with Crippen LogP contribution >= 0.6 is 0 Å². The summed E-state index contributed by atoms with van der Waals surface area (Å²) in [5.41, 5.74) is 22.5. The van der Waals surface area contributed by atoms with Gasteiger partial charge in [-0.15, -0.1) is 0 Å². The number of benzene rings is 1. The molecule has 3 nitrogen and oxygen atoms in total. The van der Waals surface area contributed by atoms with E-state index in [4.69, 9.17) is 17.2 Å². The highest BCUT2D eigenvalue weighted by atomic mass is 14.7. The first-order valence-corrected chi connectivity index (χ1v) is 11.2. The Morgan fingerprint density at radius 2 is 0.966 bits per heavy atom. The van der Waals surface area contributed by atoms with Crippen LogP contribution in [0.5, 0.6) is 0 Å². The van der Waals surface area contributed by atoms with Gasteiger partial charge in [0.15, 0.2) is 0 Å². The lowest BCUT2D eigenvalue weighted by Gasteiger charge is -2.43. The van der Waals surface area contributed by atoms with E-state index in [9.17, 15) is 0 Å². The van der Waals surface area contributed by atoms with Crippen molar-refractivity contribution in [3.63, 3.8) is 0 Å². The molecule has 1 rings (SSSR count). The average molecular weight is 406 g/mol. The van der Waals surface area contributed by atoms with Crippen LogP contribution in [-0.4, -0.2) is 17.6 Å². The predicted molar refractivity (Wildman–Crippen MR) is 132 cm³/mol. The fourth-order valence-corrected chi connectivity index (χ4v) is 4.98. The molecule has 0 amide bonds. The molecule has 0 heterocycles. The third-order valence-electron chi connectivity index (χ3n) is 5.50. The third-order valence-corrected chi connectivity index (χ3v) is 5.50. The maximum absolute atomic E-state index is 6.47. The van der Waals surface area contributed by atoms with Gasteiger partial charge in [-0.2, -0.15) is 0 Å². The lowest BCUT2D eigenvalue weighted by atomic mass is 9.63. The number of hydrogen-bond donors (Lipinski definition) is 3. The molecule has 0 radical (unpaired) electrons. The van der Waals surface area contributed by atoms with Crippen molar-refractivity contribution >= 4 is 0 Å². The Morgan fingerprint density at radius 1 is 0.621 bits per heavy atom. The molecule has 0 saturated carbocycles. The lowest BCUT2D eigenvalue weighted by Crippen LogP contribution is -2.44. The normalized spacial score (nSPS) is 13.8. The molecule has 29 heavy (non-hydrogen) atoms. The first-order valence-electron chi connectivity index (χ1n) is 11.2. The summed E-state index contributed by atoms with van der Waals surface area (Å²) in [4.78, 5) is 0. The Hall–Kier alpha value is -0.900. The van der Waals surface area contributed by atoms with Crippen LogP contribution in [0.3, 0.4) is 0 Å². The molecule has 170 valence electrons. The van der Waals surface area contributed by atoms with Crippen molar-refractivity contribution in [3.05, 3.63) is 34.9 Å². The van der Waals surface area contributed by atoms with Gasteiger partial charge in [-0.25, -0.2) is 0 Å². The minimum atomic E-state index is -0.252. The van der Waals surface area contributed by atoms with Gasteiger partial charge in [0.1, 0.15) is 0 Å². The van der Waals surface area contributed by atoms with Gasteiger partial charge in [-0.1, -0.05) is 73.6 Å². The maximum atomic E-state index is 6.47. The molecule has 0 spiro atoms. The largest absolute Gasteiger partial charge is 0.330 e. The van der Waals surface area contributed by atoms with Crippen LogP contribution in [0.25, 0.3) is 0 Å². The number of hydrogen-bond acceptors (Lipinski definition) is 3. The Kier molecular flexibility index (Phi) is 9.20. The molecule has 0 aliphatic rings.